The van der Waals surface area contributed by atoms with Gasteiger partial charge in [0.1, 0.15) is 0 Å². The summed E-state index contributed by atoms with van der Waals surface area (Å²) in [5.74, 6) is 0.00379. The first-order valence-electron chi connectivity index (χ1n) is 9.01. The minimum absolute atomic E-state index is 0.0281. The van der Waals surface area contributed by atoms with Crippen molar-refractivity contribution in [3.8, 4) is 22.6 Å². The van der Waals surface area contributed by atoms with Gasteiger partial charge in [-0.05, 0) is 60.2 Å². The van der Waals surface area contributed by atoms with Gasteiger partial charge in [-0.2, -0.15) is 0 Å². The summed E-state index contributed by atoms with van der Waals surface area (Å²) in [7, 11) is 0. The molecule has 0 spiro atoms. The molecule has 2 aromatic carbocycles. The zero-order chi connectivity index (χ0) is 17.0. The summed E-state index contributed by atoms with van der Waals surface area (Å²) in [5.41, 5.74) is 7.09. The zero-order valence-electron chi connectivity index (χ0n) is 14.6. The summed E-state index contributed by atoms with van der Waals surface area (Å²) in [5, 5.41) is 20.6. The van der Waals surface area contributed by atoms with Crippen LogP contribution in [0.1, 0.15) is 61.0 Å². The lowest BCUT2D eigenvalue weighted by atomic mass is 9.79. The largest absolute Gasteiger partial charge is 0.504 e. The molecule has 0 aromatic heterocycles. The predicted molar refractivity (Wildman–Crippen MR) is 96.4 cm³/mol. The fourth-order valence-electron chi connectivity index (χ4n) is 4.82. The van der Waals surface area contributed by atoms with E-state index in [4.69, 9.17) is 0 Å². The Hall–Kier alpha value is -2.00. The number of nitrogens with zero attached hydrogens (tertiary/aromatic N) is 1. The molecular weight excluding hydrogens is 298 g/mol. The fourth-order valence-corrected chi connectivity index (χ4v) is 4.82. The van der Waals surface area contributed by atoms with Crippen LogP contribution in [-0.4, -0.2) is 21.7 Å². The second-order valence-corrected chi connectivity index (χ2v) is 7.08. The van der Waals surface area contributed by atoms with Crippen LogP contribution in [0.2, 0.25) is 0 Å². The lowest BCUT2D eigenvalue weighted by Gasteiger charge is -2.33. The van der Waals surface area contributed by atoms with Gasteiger partial charge < -0.3 is 10.2 Å². The van der Waals surface area contributed by atoms with E-state index in [1.807, 2.05) is 6.07 Å². The molecule has 1 aliphatic carbocycles. The first-order valence-corrected chi connectivity index (χ1v) is 9.01. The normalized spacial score (nSPS) is 21.6. The van der Waals surface area contributed by atoms with Crippen molar-refractivity contribution in [1.82, 2.24) is 4.90 Å². The SMILES string of the molecule is CCC[C@H]1c2ccc(C)c3c2[C@@H](Cc2ccc(O)c(O)c2-3)N1CC. The van der Waals surface area contributed by atoms with Crippen LogP contribution >= 0.6 is 0 Å². The minimum atomic E-state index is -0.0281. The van der Waals surface area contributed by atoms with Crippen molar-refractivity contribution in [3.63, 3.8) is 0 Å². The Bertz CT molecular complexity index is 812. The lowest BCUT2D eigenvalue weighted by Crippen LogP contribution is -2.28. The molecule has 0 bridgehead atoms. The summed E-state index contributed by atoms with van der Waals surface area (Å²) in [6.07, 6.45) is 3.23. The van der Waals surface area contributed by atoms with Crippen LogP contribution in [0, 0.1) is 6.92 Å². The maximum atomic E-state index is 10.5. The lowest BCUT2D eigenvalue weighted by molar-refractivity contribution is 0.160. The number of hydrogen-bond acceptors (Lipinski definition) is 3. The Morgan fingerprint density at radius 3 is 2.58 bits per heavy atom. The molecular formula is C21H25NO2. The summed E-state index contributed by atoms with van der Waals surface area (Å²) >= 11 is 0. The third-order valence-electron chi connectivity index (χ3n) is 5.81. The van der Waals surface area contributed by atoms with Crippen molar-refractivity contribution in [1.29, 1.82) is 0 Å². The Kier molecular flexibility index (Phi) is 3.57. The maximum absolute atomic E-state index is 10.5. The first-order chi connectivity index (χ1) is 11.6. The van der Waals surface area contributed by atoms with Gasteiger partial charge in [0.25, 0.3) is 0 Å². The molecule has 0 saturated carbocycles. The highest BCUT2D eigenvalue weighted by Crippen LogP contribution is 2.56. The molecule has 1 aliphatic heterocycles. The molecule has 2 N–H and O–H groups in total. The highest BCUT2D eigenvalue weighted by molar-refractivity contribution is 5.84. The van der Waals surface area contributed by atoms with Crippen LogP contribution in [0.4, 0.5) is 0 Å². The fraction of sp³-hybridized carbons (Fsp3) is 0.429. The van der Waals surface area contributed by atoms with Gasteiger partial charge in [-0.3, -0.25) is 4.90 Å². The van der Waals surface area contributed by atoms with E-state index in [9.17, 15) is 10.2 Å². The van der Waals surface area contributed by atoms with Crippen molar-refractivity contribution in [3.05, 3.63) is 46.5 Å². The summed E-state index contributed by atoms with van der Waals surface area (Å²) in [6, 6.07) is 8.89. The van der Waals surface area contributed by atoms with E-state index in [-0.39, 0.29) is 11.5 Å². The van der Waals surface area contributed by atoms with Crippen LogP contribution in [0.25, 0.3) is 11.1 Å². The summed E-state index contributed by atoms with van der Waals surface area (Å²) < 4.78 is 0. The summed E-state index contributed by atoms with van der Waals surface area (Å²) in [4.78, 5) is 2.62. The van der Waals surface area contributed by atoms with E-state index in [0.717, 1.165) is 42.5 Å². The number of hydrogen-bond donors (Lipinski definition) is 2. The molecule has 0 fully saturated rings. The topological polar surface area (TPSA) is 43.7 Å². The predicted octanol–water partition coefficient (Wildman–Crippen LogP) is 4.85. The molecule has 0 unspecified atom stereocenters. The monoisotopic (exact) mass is 323 g/mol. The van der Waals surface area contributed by atoms with Gasteiger partial charge in [-0.25, -0.2) is 0 Å². The number of likely N-dealkylation sites (N-methyl/N-ethyl adjacent to an activating group) is 1. The van der Waals surface area contributed by atoms with Crippen molar-refractivity contribution in [2.75, 3.05) is 6.54 Å². The summed E-state index contributed by atoms with van der Waals surface area (Å²) in [6.45, 7) is 7.62. The van der Waals surface area contributed by atoms with Crippen molar-refractivity contribution < 1.29 is 10.2 Å². The van der Waals surface area contributed by atoms with Crippen LogP contribution in [0.3, 0.4) is 0 Å². The highest BCUT2D eigenvalue weighted by Gasteiger charge is 2.42. The third kappa shape index (κ3) is 1.94. The average molecular weight is 323 g/mol. The van der Waals surface area contributed by atoms with Crippen molar-refractivity contribution in [2.24, 2.45) is 0 Å². The molecule has 3 heteroatoms. The van der Waals surface area contributed by atoms with Crippen molar-refractivity contribution in [2.45, 2.75) is 52.1 Å². The van der Waals surface area contributed by atoms with Crippen LogP contribution in [-0.2, 0) is 6.42 Å². The van der Waals surface area contributed by atoms with Gasteiger partial charge in [0.15, 0.2) is 11.5 Å². The standard InChI is InChI=1S/C21H25NO2/c1-4-6-15-14-9-7-12(3)18-19-13(8-10-17(23)21(19)24)11-16(20(14)18)22(15)5-2/h7-10,15-16,23-24H,4-6,11H2,1-3H3/t15-,16+/m0/s1. The van der Waals surface area contributed by atoms with E-state index in [0.29, 0.717) is 12.1 Å². The minimum Gasteiger partial charge on any atom is -0.504 e. The van der Waals surface area contributed by atoms with Gasteiger partial charge in [0.2, 0.25) is 0 Å². The van der Waals surface area contributed by atoms with E-state index >= 15 is 0 Å². The third-order valence-corrected chi connectivity index (χ3v) is 5.81. The Morgan fingerprint density at radius 2 is 1.88 bits per heavy atom. The van der Waals surface area contributed by atoms with Crippen LogP contribution in [0.15, 0.2) is 24.3 Å². The molecule has 0 saturated heterocycles. The highest BCUT2D eigenvalue weighted by atomic mass is 16.3. The van der Waals surface area contributed by atoms with E-state index in [1.165, 1.54) is 16.7 Å². The first kappa shape index (κ1) is 15.5. The van der Waals surface area contributed by atoms with E-state index in [1.54, 1.807) is 6.07 Å². The number of aromatic hydroxyl groups is 2. The molecule has 0 radical (unpaired) electrons. The zero-order valence-corrected chi connectivity index (χ0v) is 14.6. The molecule has 24 heavy (non-hydrogen) atoms. The second kappa shape index (κ2) is 5.52. The van der Waals surface area contributed by atoms with Gasteiger partial charge >= 0.3 is 0 Å². The van der Waals surface area contributed by atoms with Gasteiger partial charge in [0.05, 0.1) is 0 Å². The van der Waals surface area contributed by atoms with Crippen molar-refractivity contribution >= 4 is 0 Å². The Morgan fingerprint density at radius 1 is 1.08 bits per heavy atom. The number of aryl methyl sites for hydroxylation is 1. The number of benzene rings is 2. The molecule has 2 aliphatic rings. The number of fused-ring (bicyclic) bond motifs is 2. The van der Waals surface area contributed by atoms with Gasteiger partial charge in [-0.15, -0.1) is 0 Å². The van der Waals surface area contributed by atoms with Crippen LogP contribution < -0.4 is 0 Å². The van der Waals surface area contributed by atoms with E-state index in [2.05, 4.69) is 37.8 Å². The second-order valence-electron chi connectivity index (χ2n) is 7.08. The number of phenols is 2. The average Bonchev–Trinajstić information content (AvgIpc) is 2.87. The van der Waals surface area contributed by atoms with Gasteiger partial charge in [0, 0.05) is 17.6 Å². The number of rotatable bonds is 3. The number of phenolic OH excluding ortho intramolecular Hbond substituents is 2. The smallest absolute Gasteiger partial charge is 0.165 e. The van der Waals surface area contributed by atoms with E-state index < -0.39 is 0 Å². The quantitative estimate of drug-likeness (QED) is 0.794. The maximum Gasteiger partial charge on any atom is 0.165 e. The molecule has 4 rings (SSSR count). The molecule has 0 amide bonds. The molecule has 2 aromatic rings. The molecule has 1 heterocycles. The Balaban J connectivity index is 2.01. The molecule has 2 atom stereocenters. The Labute approximate surface area is 143 Å². The molecule has 3 nitrogen and oxygen atoms in total. The molecule has 126 valence electrons. The van der Waals surface area contributed by atoms with Crippen LogP contribution in [0.5, 0.6) is 11.5 Å². The van der Waals surface area contributed by atoms with Gasteiger partial charge in [-0.1, -0.05) is 38.5 Å².